The fraction of sp³-hybridized carbons (Fsp3) is 0.562. The molecule has 0 saturated heterocycles. The molecule has 1 aromatic rings. The van der Waals surface area contributed by atoms with Crippen molar-refractivity contribution < 1.29 is 18.0 Å². The Hall–Kier alpha value is -1.56. The molecule has 1 aliphatic rings. The predicted octanol–water partition coefficient (Wildman–Crippen LogP) is 2.98. The summed E-state index contributed by atoms with van der Waals surface area (Å²) in [4.78, 5) is 11.4. The molecule has 1 aliphatic carbocycles. The molecule has 0 aliphatic heterocycles. The Morgan fingerprint density at radius 3 is 2.50 bits per heavy atom. The van der Waals surface area contributed by atoms with E-state index in [1.807, 2.05) is 0 Å². The fourth-order valence-corrected chi connectivity index (χ4v) is 3.16. The number of halogens is 3. The molecule has 1 amide bonds. The van der Waals surface area contributed by atoms with Gasteiger partial charge in [-0.1, -0.05) is 37.5 Å². The highest BCUT2D eigenvalue weighted by Crippen LogP contribution is 2.41. The molecule has 0 radical (unpaired) electrons. The van der Waals surface area contributed by atoms with E-state index < -0.39 is 17.2 Å². The van der Waals surface area contributed by atoms with E-state index in [0.29, 0.717) is 12.1 Å². The monoisotopic (exact) mass is 314 g/mol. The molecule has 1 saturated carbocycles. The first-order chi connectivity index (χ1) is 10.4. The molecule has 3 nitrogen and oxygen atoms in total. The van der Waals surface area contributed by atoms with Gasteiger partial charge in [0.25, 0.3) is 0 Å². The Kier molecular flexibility index (Phi) is 5.11. The fourth-order valence-electron chi connectivity index (χ4n) is 3.16. The number of rotatable bonds is 4. The molecule has 122 valence electrons. The van der Waals surface area contributed by atoms with E-state index in [1.54, 1.807) is 6.07 Å². The van der Waals surface area contributed by atoms with Crippen LogP contribution in [0.1, 0.15) is 43.2 Å². The Labute approximate surface area is 128 Å². The molecule has 1 fully saturated rings. The van der Waals surface area contributed by atoms with Crippen molar-refractivity contribution in [3.63, 3.8) is 0 Å². The summed E-state index contributed by atoms with van der Waals surface area (Å²) in [6.45, 7) is 0.225. The van der Waals surface area contributed by atoms with Crippen molar-refractivity contribution in [1.29, 1.82) is 0 Å². The zero-order valence-electron chi connectivity index (χ0n) is 12.4. The summed E-state index contributed by atoms with van der Waals surface area (Å²) in [6.07, 6.45) is 0.180. The molecule has 1 aromatic carbocycles. The number of hydrogen-bond donors (Lipinski definition) is 2. The van der Waals surface area contributed by atoms with Gasteiger partial charge in [-0.25, -0.2) is 0 Å². The second kappa shape index (κ2) is 6.69. The van der Waals surface area contributed by atoms with Crippen molar-refractivity contribution in [3.05, 3.63) is 35.4 Å². The molecule has 0 bridgehead atoms. The van der Waals surface area contributed by atoms with Gasteiger partial charge in [-0.3, -0.25) is 4.79 Å². The first kappa shape index (κ1) is 16.8. The lowest BCUT2D eigenvalue weighted by atomic mass is 9.69. The summed E-state index contributed by atoms with van der Waals surface area (Å²) < 4.78 is 38.8. The summed E-state index contributed by atoms with van der Waals surface area (Å²) in [7, 11) is 0. The van der Waals surface area contributed by atoms with Crippen molar-refractivity contribution in [2.75, 3.05) is 13.1 Å². The molecular formula is C16H21F3N2O. The maximum Gasteiger partial charge on any atom is 0.416 e. The first-order valence-corrected chi connectivity index (χ1v) is 7.52. The van der Waals surface area contributed by atoms with Crippen molar-refractivity contribution in [2.45, 2.75) is 43.7 Å². The van der Waals surface area contributed by atoms with E-state index in [-0.39, 0.29) is 12.5 Å². The van der Waals surface area contributed by atoms with Crippen molar-refractivity contribution >= 4 is 5.91 Å². The van der Waals surface area contributed by atoms with Crippen LogP contribution in [0, 0.1) is 0 Å². The van der Waals surface area contributed by atoms with Crippen LogP contribution in [-0.2, 0) is 16.4 Å². The predicted molar refractivity (Wildman–Crippen MR) is 78.3 cm³/mol. The Bertz CT molecular complexity index is 522. The third kappa shape index (κ3) is 3.80. The molecule has 0 unspecified atom stereocenters. The Morgan fingerprint density at radius 2 is 1.91 bits per heavy atom. The van der Waals surface area contributed by atoms with E-state index in [1.165, 1.54) is 12.1 Å². The molecule has 0 atom stereocenters. The lowest BCUT2D eigenvalue weighted by Gasteiger charge is -2.38. The summed E-state index contributed by atoms with van der Waals surface area (Å²) in [6, 6.07) is 5.48. The van der Waals surface area contributed by atoms with Crippen LogP contribution in [0.4, 0.5) is 13.2 Å². The SMILES string of the molecule is NCC(=O)NCC1(c2cccc(C(F)(F)F)c2)CCCCC1. The van der Waals surface area contributed by atoms with Gasteiger partial charge in [0.05, 0.1) is 12.1 Å². The van der Waals surface area contributed by atoms with Crippen LogP contribution < -0.4 is 11.1 Å². The molecule has 0 aromatic heterocycles. The van der Waals surface area contributed by atoms with Gasteiger partial charge >= 0.3 is 6.18 Å². The third-order valence-corrected chi connectivity index (χ3v) is 4.42. The third-order valence-electron chi connectivity index (χ3n) is 4.42. The number of hydrogen-bond acceptors (Lipinski definition) is 2. The van der Waals surface area contributed by atoms with Crippen LogP contribution in [0.2, 0.25) is 0 Å². The summed E-state index contributed by atoms with van der Waals surface area (Å²) in [5, 5.41) is 2.75. The molecule has 22 heavy (non-hydrogen) atoms. The summed E-state index contributed by atoms with van der Waals surface area (Å²) in [5.41, 5.74) is 4.88. The van der Waals surface area contributed by atoms with Crippen molar-refractivity contribution in [3.8, 4) is 0 Å². The number of carbonyl (C=O) groups is 1. The second-order valence-corrected chi connectivity index (χ2v) is 5.90. The van der Waals surface area contributed by atoms with Gasteiger partial charge in [0.15, 0.2) is 0 Å². The normalized spacial score (nSPS) is 18.0. The van der Waals surface area contributed by atoms with E-state index in [4.69, 9.17) is 5.73 Å². The number of amides is 1. The number of benzene rings is 1. The Morgan fingerprint density at radius 1 is 1.23 bits per heavy atom. The minimum atomic E-state index is -4.35. The number of nitrogens with two attached hydrogens (primary N) is 1. The zero-order valence-corrected chi connectivity index (χ0v) is 12.4. The van der Waals surface area contributed by atoms with Crippen molar-refractivity contribution in [1.82, 2.24) is 5.32 Å². The smallest absolute Gasteiger partial charge is 0.354 e. The lowest BCUT2D eigenvalue weighted by Crippen LogP contribution is -2.44. The van der Waals surface area contributed by atoms with E-state index >= 15 is 0 Å². The molecule has 3 N–H and O–H groups in total. The van der Waals surface area contributed by atoms with Gasteiger partial charge < -0.3 is 11.1 Å². The minimum Gasteiger partial charge on any atom is -0.354 e. The largest absolute Gasteiger partial charge is 0.416 e. The van der Waals surface area contributed by atoms with E-state index in [9.17, 15) is 18.0 Å². The van der Waals surface area contributed by atoms with Crippen LogP contribution in [0.15, 0.2) is 24.3 Å². The average molecular weight is 314 g/mol. The molecule has 0 spiro atoms. The Balaban J connectivity index is 2.30. The number of carbonyl (C=O) groups excluding carboxylic acids is 1. The van der Waals surface area contributed by atoms with Crippen LogP contribution in [0.5, 0.6) is 0 Å². The highest BCUT2D eigenvalue weighted by molar-refractivity contribution is 5.77. The van der Waals surface area contributed by atoms with Gasteiger partial charge in [0.1, 0.15) is 0 Å². The number of alkyl halides is 3. The van der Waals surface area contributed by atoms with E-state index in [0.717, 1.165) is 38.2 Å². The summed E-state index contributed by atoms with van der Waals surface area (Å²) in [5.74, 6) is -0.281. The van der Waals surface area contributed by atoms with E-state index in [2.05, 4.69) is 5.32 Å². The van der Waals surface area contributed by atoms with Gasteiger partial charge in [-0.15, -0.1) is 0 Å². The first-order valence-electron chi connectivity index (χ1n) is 7.52. The van der Waals surface area contributed by atoms with Gasteiger partial charge in [-0.2, -0.15) is 13.2 Å². The van der Waals surface area contributed by atoms with Crippen LogP contribution in [0.25, 0.3) is 0 Å². The lowest BCUT2D eigenvalue weighted by molar-refractivity contribution is -0.137. The molecule has 2 rings (SSSR count). The van der Waals surface area contributed by atoms with Crippen LogP contribution >= 0.6 is 0 Å². The summed E-state index contributed by atoms with van der Waals surface area (Å²) >= 11 is 0. The quantitative estimate of drug-likeness (QED) is 0.897. The van der Waals surface area contributed by atoms with Gasteiger partial charge in [-0.05, 0) is 24.5 Å². The highest BCUT2D eigenvalue weighted by atomic mass is 19.4. The maximum atomic E-state index is 12.9. The molecule has 6 heteroatoms. The van der Waals surface area contributed by atoms with Crippen molar-refractivity contribution in [2.24, 2.45) is 5.73 Å². The standard InChI is InChI=1S/C16H21F3N2O/c17-16(18,19)13-6-4-5-12(9-13)15(7-2-1-3-8-15)11-21-14(22)10-20/h4-6,9H,1-3,7-8,10-11,20H2,(H,21,22). The maximum absolute atomic E-state index is 12.9. The number of nitrogens with one attached hydrogen (secondary N) is 1. The average Bonchev–Trinajstić information content (AvgIpc) is 2.53. The highest BCUT2D eigenvalue weighted by Gasteiger charge is 2.37. The zero-order chi connectivity index (χ0) is 16.2. The van der Waals surface area contributed by atoms with Gasteiger partial charge in [0, 0.05) is 12.0 Å². The minimum absolute atomic E-state index is 0.112. The molecular weight excluding hydrogens is 293 g/mol. The molecule has 0 heterocycles. The second-order valence-electron chi connectivity index (χ2n) is 5.90. The topological polar surface area (TPSA) is 55.1 Å². The van der Waals surface area contributed by atoms with Crippen LogP contribution in [0.3, 0.4) is 0 Å². The van der Waals surface area contributed by atoms with Gasteiger partial charge in [0.2, 0.25) is 5.91 Å². The van der Waals surface area contributed by atoms with Crippen LogP contribution in [-0.4, -0.2) is 19.0 Å².